The highest BCUT2D eigenvalue weighted by Crippen LogP contribution is 2.06. The minimum Gasteiger partial charge on any atom is -0.396 e. The average Bonchev–Trinajstić information content (AvgIpc) is 2.25. The molecule has 0 aromatic heterocycles. The van der Waals surface area contributed by atoms with Gasteiger partial charge in [0.05, 0.1) is 0 Å². The lowest BCUT2D eigenvalue weighted by atomic mass is 10.1. The number of nitrogens with one attached hydrogen (secondary N) is 1. The summed E-state index contributed by atoms with van der Waals surface area (Å²) in [5.41, 5.74) is 0. The van der Waals surface area contributed by atoms with Crippen LogP contribution in [0.3, 0.4) is 0 Å². The fraction of sp³-hybridized carbons (Fsp3) is 1.00. The van der Waals surface area contributed by atoms with E-state index in [0.29, 0.717) is 12.6 Å². The van der Waals surface area contributed by atoms with Crippen molar-refractivity contribution in [1.82, 2.24) is 5.32 Å². The molecule has 0 aromatic carbocycles. The van der Waals surface area contributed by atoms with Gasteiger partial charge in [0, 0.05) is 38.2 Å². The Morgan fingerprint density at radius 2 is 2.07 bits per heavy atom. The van der Waals surface area contributed by atoms with Gasteiger partial charge in [0.1, 0.15) is 0 Å². The highest BCUT2D eigenvalue weighted by Gasteiger charge is 2.11. The lowest BCUT2D eigenvalue weighted by Gasteiger charge is -2.23. The molecule has 0 bridgehead atoms. The van der Waals surface area contributed by atoms with Crippen LogP contribution in [-0.2, 0) is 4.74 Å². The second-order valence-corrected chi connectivity index (χ2v) is 4.76. The van der Waals surface area contributed by atoms with Crippen LogP contribution in [0.15, 0.2) is 0 Å². The molecule has 1 aliphatic heterocycles. The first-order valence-electron chi connectivity index (χ1n) is 5.43. The number of aliphatic hydroxyl groups is 1. The Kier molecular flexibility index (Phi) is 7.50. The highest BCUT2D eigenvalue weighted by molar-refractivity contribution is 7.99. The third-order valence-corrected chi connectivity index (χ3v) is 3.42. The summed E-state index contributed by atoms with van der Waals surface area (Å²) in [5, 5.41) is 12.1. The van der Waals surface area contributed by atoms with Crippen LogP contribution in [0.1, 0.15) is 19.3 Å². The Bertz CT molecular complexity index is 129. The Labute approximate surface area is 90.6 Å². The molecule has 4 heteroatoms. The Morgan fingerprint density at radius 3 is 2.79 bits per heavy atom. The van der Waals surface area contributed by atoms with Crippen LogP contribution in [0.5, 0.6) is 0 Å². The van der Waals surface area contributed by atoms with Gasteiger partial charge < -0.3 is 15.2 Å². The molecule has 0 aliphatic carbocycles. The van der Waals surface area contributed by atoms with Crippen molar-refractivity contribution in [3.63, 3.8) is 0 Å². The van der Waals surface area contributed by atoms with Crippen LogP contribution in [0.25, 0.3) is 0 Å². The SMILES string of the molecule is OCCCSCCNC1CCOCC1. The summed E-state index contributed by atoms with van der Waals surface area (Å²) in [5.74, 6) is 2.23. The lowest BCUT2D eigenvalue weighted by molar-refractivity contribution is 0.0786. The van der Waals surface area contributed by atoms with Crippen LogP contribution >= 0.6 is 11.8 Å². The van der Waals surface area contributed by atoms with Gasteiger partial charge in [-0.25, -0.2) is 0 Å². The van der Waals surface area contributed by atoms with Crippen molar-refractivity contribution in [1.29, 1.82) is 0 Å². The number of hydrogen-bond acceptors (Lipinski definition) is 4. The number of ether oxygens (including phenoxy) is 1. The summed E-state index contributed by atoms with van der Waals surface area (Å²) in [4.78, 5) is 0. The van der Waals surface area contributed by atoms with E-state index in [4.69, 9.17) is 9.84 Å². The van der Waals surface area contributed by atoms with E-state index < -0.39 is 0 Å². The fourth-order valence-electron chi connectivity index (χ4n) is 1.51. The molecule has 0 saturated carbocycles. The van der Waals surface area contributed by atoms with Gasteiger partial charge in [-0.3, -0.25) is 0 Å². The maximum Gasteiger partial charge on any atom is 0.0480 e. The summed E-state index contributed by atoms with van der Waals surface area (Å²) in [6.07, 6.45) is 3.23. The molecule has 3 nitrogen and oxygen atoms in total. The van der Waals surface area contributed by atoms with Crippen molar-refractivity contribution >= 4 is 11.8 Å². The molecule has 0 amide bonds. The normalized spacial score (nSPS) is 18.6. The van der Waals surface area contributed by atoms with E-state index >= 15 is 0 Å². The lowest BCUT2D eigenvalue weighted by Crippen LogP contribution is -2.36. The molecule has 1 aliphatic rings. The number of aliphatic hydroxyl groups excluding tert-OH is 1. The molecule has 14 heavy (non-hydrogen) atoms. The Morgan fingerprint density at radius 1 is 1.29 bits per heavy atom. The van der Waals surface area contributed by atoms with E-state index in [2.05, 4.69) is 5.32 Å². The van der Waals surface area contributed by atoms with Crippen LogP contribution < -0.4 is 5.32 Å². The molecule has 1 fully saturated rings. The van der Waals surface area contributed by atoms with Gasteiger partial charge in [-0.1, -0.05) is 0 Å². The molecule has 2 N–H and O–H groups in total. The summed E-state index contributed by atoms with van der Waals surface area (Å²) in [6, 6.07) is 0.669. The molecule has 0 radical (unpaired) electrons. The maximum absolute atomic E-state index is 8.58. The smallest absolute Gasteiger partial charge is 0.0480 e. The summed E-state index contributed by atoms with van der Waals surface area (Å²) in [7, 11) is 0. The van der Waals surface area contributed by atoms with Gasteiger partial charge >= 0.3 is 0 Å². The highest BCUT2D eigenvalue weighted by atomic mass is 32.2. The molecule has 1 saturated heterocycles. The first kappa shape index (κ1) is 12.3. The zero-order chi connectivity index (χ0) is 10.1. The number of thioether (sulfide) groups is 1. The van der Waals surface area contributed by atoms with Gasteiger partial charge in [0.25, 0.3) is 0 Å². The van der Waals surface area contributed by atoms with E-state index in [9.17, 15) is 0 Å². The standard InChI is InChI=1S/C10H21NO2S/c12-5-1-8-14-9-4-11-10-2-6-13-7-3-10/h10-12H,1-9H2. The summed E-state index contributed by atoms with van der Waals surface area (Å²) >= 11 is 1.91. The largest absolute Gasteiger partial charge is 0.396 e. The van der Waals surface area contributed by atoms with E-state index in [1.165, 1.54) is 0 Å². The first-order valence-corrected chi connectivity index (χ1v) is 6.58. The monoisotopic (exact) mass is 219 g/mol. The fourth-order valence-corrected chi connectivity index (χ4v) is 2.31. The van der Waals surface area contributed by atoms with Crippen molar-refractivity contribution in [3.05, 3.63) is 0 Å². The molecule has 0 aromatic rings. The second-order valence-electron chi connectivity index (χ2n) is 3.53. The zero-order valence-corrected chi connectivity index (χ0v) is 9.52. The zero-order valence-electron chi connectivity index (χ0n) is 8.71. The van der Waals surface area contributed by atoms with Crippen molar-refractivity contribution in [2.24, 2.45) is 0 Å². The summed E-state index contributed by atoms with van der Waals surface area (Å²) in [6.45, 7) is 3.23. The molecule has 1 rings (SSSR count). The molecule has 0 spiro atoms. The topological polar surface area (TPSA) is 41.5 Å². The Hall–Kier alpha value is 0.230. The van der Waals surface area contributed by atoms with Gasteiger partial charge in [0.2, 0.25) is 0 Å². The summed E-state index contributed by atoms with van der Waals surface area (Å²) < 4.78 is 5.29. The molecule has 0 atom stereocenters. The quantitative estimate of drug-likeness (QED) is 0.624. The van der Waals surface area contributed by atoms with Gasteiger partial charge in [-0.15, -0.1) is 0 Å². The number of rotatable bonds is 7. The molecule has 1 heterocycles. The van der Waals surface area contributed by atoms with Crippen molar-refractivity contribution in [2.75, 3.05) is 37.9 Å². The predicted molar refractivity (Wildman–Crippen MR) is 60.9 cm³/mol. The average molecular weight is 219 g/mol. The van der Waals surface area contributed by atoms with Gasteiger partial charge in [-0.05, 0) is 25.0 Å². The maximum atomic E-state index is 8.58. The van der Waals surface area contributed by atoms with Gasteiger partial charge in [-0.2, -0.15) is 11.8 Å². The molecular formula is C10H21NO2S. The Balaban J connectivity index is 1.82. The van der Waals surface area contributed by atoms with Crippen molar-refractivity contribution in [2.45, 2.75) is 25.3 Å². The van der Waals surface area contributed by atoms with Gasteiger partial charge in [0.15, 0.2) is 0 Å². The van der Waals surface area contributed by atoms with Crippen molar-refractivity contribution in [3.8, 4) is 0 Å². The number of hydrogen-bond donors (Lipinski definition) is 2. The second kappa shape index (κ2) is 8.53. The molecule has 0 unspecified atom stereocenters. The van der Waals surface area contributed by atoms with E-state index in [1.54, 1.807) is 0 Å². The van der Waals surface area contributed by atoms with E-state index in [-0.39, 0.29) is 0 Å². The third kappa shape index (κ3) is 5.86. The third-order valence-electron chi connectivity index (χ3n) is 2.35. The predicted octanol–water partition coefficient (Wildman–Crippen LogP) is 0.871. The van der Waals surface area contributed by atoms with Crippen LogP contribution in [0, 0.1) is 0 Å². The van der Waals surface area contributed by atoms with Crippen molar-refractivity contribution < 1.29 is 9.84 Å². The first-order chi connectivity index (χ1) is 6.93. The van der Waals surface area contributed by atoms with E-state index in [1.807, 2.05) is 11.8 Å². The minimum atomic E-state index is 0.320. The molecular weight excluding hydrogens is 198 g/mol. The minimum absolute atomic E-state index is 0.320. The van der Waals surface area contributed by atoms with Crippen LogP contribution in [0.2, 0.25) is 0 Å². The van der Waals surface area contributed by atoms with Crippen LogP contribution in [-0.4, -0.2) is 49.0 Å². The van der Waals surface area contributed by atoms with Crippen LogP contribution in [0.4, 0.5) is 0 Å². The molecule has 84 valence electrons. The van der Waals surface area contributed by atoms with E-state index in [0.717, 1.165) is 50.5 Å².